The predicted octanol–water partition coefficient (Wildman–Crippen LogP) is 1.18. The lowest BCUT2D eigenvalue weighted by molar-refractivity contribution is 0.0652. The molecule has 2 unspecified atom stereocenters. The maximum Gasteiger partial charge on any atom is 0.254 e. The molecule has 1 fully saturated rings. The molecule has 1 aromatic carbocycles. The Labute approximate surface area is 89.1 Å². The van der Waals surface area contributed by atoms with Crippen LogP contribution in [0, 0.1) is 0 Å². The lowest BCUT2D eigenvalue weighted by atomic mass is 10.0. The van der Waals surface area contributed by atoms with Crippen LogP contribution in [0.4, 0.5) is 0 Å². The Morgan fingerprint density at radius 1 is 1.40 bits per heavy atom. The van der Waals surface area contributed by atoms with Crippen molar-refractivity contribution in [3.05, 3.63) is 35.4 Å². The molecule has 78 valence electrons. The van der Waals surface area contributed by atoms with E-state index in [1.165, 1.54) is 5.56 Å². The van der Waals surface area contributed by atoms with Crippen molar-refractivity contribution in [2.45, 2.75) is 19.0 Å². The van der Waals surface area contributed by atoms with Gasteiger partial charge in [0.15, 0.2) is 0 Å². The number of benzene rings is 1. The first-order valence-corrected chi connectivity index (χ1v) is 5.40. The minimum atomic E-state index is 0.198. The van der Waals surface area contributed by atoms with Crippen molar-refractivity contribution in [1.29, 1.82) is 0 Å². The molecule has 0 aliphatic carbocycles. The number of nitrogens with zero attached hydrogens (tertiary/aromatic N) is 1. The van der Waals surface area contributed by atoms with Crippen molar-refractivity contribution < 1.29 is 4.79 Å². The number of fused-ring (bicyclic) bond motifs is 3. The summed E-state index contributed by atoms with van der Waals surface area (Å²) in [5.41, 5.74) is 2.07. The van der Waals surface area contributed by atoms with E-state index >= 15 is 0 Å². The second kappa shape index (κ2) is 3.07. The zero-order chi connectivity index (χ0) is 10.4. The van der Waals surface area contributed by atoms with Gasteiger partial charge in [0.1, 0.15) is 0 Å². The first-order chi connectivity index (χ1) is 7.27. The van der Waals surface area contributed by atoms with Gasteiger partial charge in [0.05, 0.1) is 6.04 Å². The van der Waals surface area contributed by atoms with E-state index in [0.717, 1.165) is 18.7 Å². The van der Waals surface area contributed by atoms with Crippen LogP contribution in [0.5, 0.6) is 0 Å². The second-order valence-electron chi connectivity index (χ2n) is 4.37. The monoisotopic (exact) mass is 202 g/mol. The van der Waals surface area contributed by atoms with Crippen LogP contribution in [-0.4, -0.2) is 29.9 Å². The fraction of sp³-hybridized carbons (Fsp3) is 0.417. The number of hydrogen-bond acceptors (Lipinski definition) is 2. The molecular weight excluding hydrogens is 188 g/mol. The number of amides is 1. The van der Waals surface area contributed by atoms with Crippen molar-refractivity contribution in [1.82, 2.24) is 10.2 Å². The standard InChI is InChI=1S/C12H14N2O/c1-8-7-14-11(6-13-8)9-4-2-3-5-10(9)12(14)15/h2-5,8,11,13H,6-7H2,1H3. The van der Waals surface area contributed by atoms with E-state index in [9.17, 15) is 4.79 Å². The van der Waals surface area contributed by atoms with E-state index in [4.69, 9.17) is 0 Å². The Hall–Kier alpha value is -1.35. The van der Waals surface area contributed by atoms with Gasteiger partial charge >= 0.3 is 0 Å². The Balaban J connectivity index is 2.05. The highest BCUT2D eigenvalue weighted by atomic mass is 16.2. The molecule has 0 bridgehead atoms. The lowest BCUT2D eigenvalue weighted by Crippen LogP contribution is -2.50. The minimum Gasteiger partial charge on any atom is -0.329 e. The summed E-state index contributed by atoms with van der Waals surface area (Å²) in [5, 5.41) is 3.42. The summed E-state index contributed by atoms with van der Waals surface area (Å²) in [7, 11) is 0. The normalized spacial score (nSPS) is 28.9. The highest BCUT2D eigenvalue weighted by molar-refractivity contribution is 5.99. The summed E-state index contributed by atoms with van der Waals surface area (Å²) < 4.78 is 0. The first-order valence-electron chi connectivity index (χ1n) is 5.40. The highest BCUT2D eigenvalue weighted by Crippen LogP contribution is 2.34. The summed E-state index contributed by atoms with van der Waals surface area (Å²) >= 11 is 0. The molecule has 1 amide bonds. The molecule has 2 atom stereocenters. The molecule has 0 spiro atoms. The topological polar surface area (TPSA) is 32.3 Å². The van der Waals surface area contributed by atoms with E-state index in [0.29, 0.717) is 6.04 Å². The van der Waals surface area contributed by atoms with Crippen molar-refractivity contribution >= 4 is 5.91 Å². The average Bonchev–Trinajstić information content (AvgIpc) is 2.54. The average molecular weight is 202 g/mol. The lowest BCUT2D eigenvalue weighted by Gasteiger charge is -2.34. The van der Waals surface area contributed by atoms with E-state index < -0.39 is 0 Å². The van der Waals surface area contributed by atoms with Crippen molar-refractivity contribution in [2.24, 2.45) is 0 Å². The summed E-state index contributed by atoms with van der Waals surface area (Å²) in [5.74, 6) is 0.198. The fourth-order valence-corrected chi connectivity index (χ4v) is 2.55. The molecule has 3 rings (SSSR count). The smallest absolute Gasteiger partial charge is 0.254 e. The number of piperazine rings is 1. The fourth-order valence-electron chi connectivity index (χ4n) is 2.55. The van der Waals surface area contributed by atoms with Crippen LogP contribution >= 0.6 is 0 Å². The number of hydrogen-bond donors (Lipinski definition) is 1. The SMILES string of the molecule is CC1CN2C(=O)c3ccccc3C2CN1. The quantitative estimate of drug-likeness (QED) is 0.685. The van der Waals surface area contributed by atoms with E-state index in [1.54, 1.807) is 0 Å². The van der Waals surface area contributed by atoms with E-state index in [2.05, 4.69) is 18.3 Å². The van der Waals surface area contributed by atoms with Crippen LogP contribution in [-0.2, 0) is 0 Å². The van der Waals surface area contributed by atoms with Crippen LogP contribution in [0.25, 0.3) is 0 Å². The van der Waals surface area contributed by atoms with Gasteiger partial charge in [-0.15, -0.1) is 0 Å². The Morgan fingerprint density at radius 3 is 3.07 bits per heavy atom. The van der Waals surface area contributed by atoms with Gasteiger partial charge in [0, 0.05) is 24.7 Å². The molecule has 3 nitrogen and oxygen atoms in total. The molecule has 0 radical (unpaired) electrons. The Kier molecular flexibility index (Phi) is 1.83. The molecule has 2 aliphatic heterocycles. The summed E-state index contributed by atoms with van der Waals surface area (Å²) in [6.07, 6.45) is 0. The molecule has 2 aliphatic rings. The van der Waals surface area contributed by atoms with Gasteiger partial charge in [-0.25, -0.2) is 0 Å². The minimum absolute atomic E-state index is 0.198. The summed E-state index contributed by atoms with van der Waals surface area (Å²) in [4.78, 5) is 14.1. The van der Waals surface area contributed by atoms with Crippen LogP contribution in [0.3, 0.4) is 0 Å². The molecule has 1 N–H and O–H groups in total. The third kappa shape index (κ3) is 1.20. The van der Waals surface area contributed by atoms with Gasteiger partial charge in [-0.1, -0.05) is 18.2 Å². The van der Waals surface area contributed by atoms with E-state index in [-0.39, 0.29) is 11.9 Å². The molecule has 1 saturated heterocycles. The van der Waals surface area contributed by atoms with Crippen LogP contribution in [0.15, 0.2) is 24.3 Å². The zero-order valence-corrected chi connectivity index (χ0v) is 8.73. The zero-order valence-electron chi connectivity index (χ0n) is 8.73. The van der Waals surface area contributed by atoms with Gasteiger partial charge < -0.3 is 10.2 Å². The summed E-state index contributed by atoms with van der Waals surface area (Å²) in [6.45, 7) is 3.81. The van der Waals surface area contributed by atoms with Crippen LogP contribution in [0.2, 0.25) is 0 Å². The van der Waals surface area contributed by atoms with Crippen LogP contribution in [0.1, 0.15) is 28.9 Å². The maximum absolute atomic E-state index is 12.1. The third-order valence-electron chi connectivity index (χ3n) is 3.32. The Bertz CT molecular complexity index is 416. The first kappa shape index (κ1) is 8.92. The number of nitrogens with one attached hydrogen (secondary N) is 1. The van der Waals surface area contributed by atoms with Gasteiger partial charge in [0.25, 0.3) is 5.91 Å². The molecule has 2 heterocycles. The third-order valence-corrected chi connectivity index (χ3v) is 3.32. The van der Waals surface area contributed by atoms with Gasteiger partial charge in [-0.2, -0.15) is 0 Å². The number of carbonyl (C=O) groups is 1. The largest absolute Gasteiger partial charge is 0.329 e. The maximum atomic E-state index is 12.1. The molecule has 3 heteroatoms. The second-order valence-corrected chi connectivity index (χ2v) is 4.37. The van der Waals surface area contributed by atoms with Gasteiger partial charge in [-0.3, -0.25) is 4.79 Å². The number of carbonyl (C=O) groups excluding carboxylic acids is 1. The summed E-state index contributed by atoms with van der Waals surface area (Å²) in [6, 6.07) is 8.60. The van der Waals surface area contributed by atoms with E-state index in [1.807, 2.05) is 23.1 Å². The molecular formula is C12H14N2O. The van der Waals surface area contributed by atoms with Crippen molar-refractivity contribution in [3.8, 4) is 0 Å². The van der Waals surface area contributed by atoms with Crippen LogP contribution < -0.4 is 5.32 Å². The molecule has 0 aromatic heterocycles. The number of rotatable bonds is 0. The van der Waals surface area contributed by atoms with Gasteiger partial charge in [-0.05, 0) is 18.6 Å². The highest BCUT2D eigenvalue weighted by Gasteiger charge is 2.39. The predicted molar refractivity (Wildman–Crippen MR) is 57.7 cm³/mol. The van der Waals surface area contributed by atoms with Gasteiger partial charge in [0.2, 0.25) is 0 Å². The molecule has 1 aromatic rings. The molecule has 15 heavy (non-hydrogen) atoms. The van der Waals surface area contributed by atoms with Crippen molar-refractivity contribution in [2.75, 3.05) is 13.1 Å². The molecule has 0 saturated carbocycles. The van der Waals surface area contributed by atoms with Crippen molar-refractivity contribution in [3.63, 3.8) is 0 Å². The Morgan fingerprint density at radius 2 is 2.20 bits per heavy atom.